The van der Waals surface area contributed by atoms with E-state index in [4.69, 9.17) is 8.59 Å². The van der Waals surface area contributed by atoms with Gasteiger partial charge in [0.25, 0.3) is 0 Å². The molecule has 0 bridgehead atoms. The van der Waals surface area contributed by atoms with Crippen LogP contribution in [0.4, 0.5) is 0 Å². The second-order valence-electron chi connectivity index (χ2n) is 2.86. The average molecular weight is 224 g/mol. The first-order chi connectivity index (χ1) is 7.24. The number of benzene rings is 1. The molecular formula is C10H8O4S. The molecule has 1 aromatic heterocycles. The van der Waals surface area contributed by atoms with Crippen molar-refractivity contribution >= 4 is 27.7 Å². The molecular weight excluding hydrogens is 216 g/mol. The van der Waals surface area contributed by atoms with Crippen LogP contribution < -0.4 is 5.63 Å². The fourth-order valence-corrected chi connectivity index (χ4v) is 2.01. The number of carbonyl (C=O) groups excluding carboxylic acids is 1. The maximum absolute atomic E-state index is 11.5. The second-order valence-corrected chi connectivity index (χ2v) is 3.60. The number of rotatable bonds is 2. The monoisotopic (exact) mass is 224 g/mol. The Bertz CT molecular complexity index is 552. The van der Waals surface area contributed by atoms with Gasteiger partial charge in [0.15, 0.2) is 0 Å². The molecule has 1 heterocycles. The average Bonchev–Trinajstić information content (AvgIpc) is 2.61. The molecule has 0 aliphatic carbocycles. The molecule has 4 nitrogen and oxygen atoms in total. The number of hydrogen-bond acceptors (Lipinski definition) is 5. The molecule has 5 heteroatoms. The topological polar surface area (TPSA) is 56.5 Å². The lowest BCUT2D eigenvalue weighted by Gasteiger charge is -2.00. The summed E-state index contributed by atoms with van der Waals surface area (Å²) in [7, 11) is 0. The Morgan fingerprint density at radius 1 is 1.53 bits per heavy atom. The number of ether oxygens (including phenoxy) is 1. The van der Waals surface area contributed by atoms with Gasteiger partial charge in [-0.1, -0.05) is 6.07 Å². The van der Waals surface area contributed by atoms with Crippen molar-refractivity contribution in [3.63, 3.8) is 0 Å². The third-order valence-corrected chi connectivity index (χ3v) is 2.77. The van der Waals surface area contributed by atoms with Gasteiger partial charge in [-0.15, -0.1) is 0 Å². The highest BCUT2D eigenvalue weighted by Gasteiger charge is 2.14. The van der Waals surface area contributed by atoms with E-state index in [-0.39, 0.29) is 0 Å². The third-order valence-electron chi connectivity index (χ3n) is 1.93. The SMILES string of the molecule is CCOC(=O)c1cccc2c(=O)osc12. The van der Waals surface area contributed by atoms with E-state index in [1.165, 1.54) is 0 Å². The molecule has 2 rings (SSSR count). The van der Waals surface area contributed by atoms with Gasteiger partial charge in [0.1, 0.15) is 0 Å². The lowest BCUT2D eigenvalue weighted by molar-refractivity contribution is 0.0529. The minimum absolute atomic E-state index is 0.308. The van der Waals surface area contributed by atoms with Crippen LogP contribution in [0.1, 0.15) is 17.3 Å². The highest BCUT2D eigenvalue weighted by atomic mass is 32.1. The van der Waals surface area contributed by atoms with E-state index in [1.807, 2.05) is 0 Å². The van der Waals surface area contributed by atoms with Crippen LogP contribution in [0.3, 0.4) is 0 Å². The maximum atomic E-state index is 11.5. The Morgan fingerprint density at radius 2 is 2.33 bits per heavy atom. The van der Waals surface area contributed by atoms with E-state index >= 15 is 0 Å². The van der Waals surface area contributed by atoms with Crippen LogP contribution in [0.5, 0.6) is 0 Å². The van der Waals surface area contributed by atoms with E-state index in [0.717, 1.165) is 11.6 Å². The first-order valence-corrected chi connectivity index (χ1v) is 5.17. The van der Waals surface area contributed by atoms with Gasteiger partial charge in [0.2, 0.25) is 0 Å². The Balaban J connectivity index is 2.61. The zero-order chi connectivity index (χ0) is 10.8. The zero-order valence-electron chi connectivity index (χ0n) is 7.98. The molecule has 0 saturated carbocycles. The summed E-state index contributed by atoms with van der Waals surface area (Å²) >= 11 is 0.906. The minimum Gasteiger partial charge on any atom is -0.462 e. The summed E-state index contributed by atoms with van der Waals surface area (Å²) in [6.45, 7) is 2.04. The first-order valence-electron chi connectivity index (χ1n) is 4.43. The van der Waals surface area contributed by atoms with Crippen LogP contribution in [-0.2, 0) is 4.74 Å². The van der Waals surface area contributed by atoms with Crippen molar-refractivity contribution in [1.29, 1.82) is 0 Å². The van der Waals surface area contributed by atoms with Crippen molar-refractivity contribution in [2.75, 3.05) is 6.61 Å². The number of esters is 1. The molecule has 15 heavy (non-hydrogen) atoms. The van der Waals surface area contributed by atoms with Gasteiger partial charge in [-0.2, -0.15) is 0 Å². The predicted octanol–water partition coefficient (Wildman–Crippen LogP) is 2.03. The van der Waals surface area contributed by atoms with Crippen molar-refractivity contribution in [2.45, 2.75) is 6.92 Å². The number of hydrogen-bond donors (Lipinski definition) is 0. The molecule has 0 atom stereocenters. The van der Waals surface area contributed by atoms with Gasteiger partial charge in [0.05, 0.1) is 22.3 Å². The molecule has 1 aromatic carbocycles. The summed E-state index contributed by atoms with van der Waals surface area (Å²) in [6, 6.07) is 4.88. The van der Waals surface area contributed by atoms with Crippen LogP contribution >= 0.6 is 11.6 Å². The van der Waals surface area contributed by atoms with Crippen molar-refractivity contribution < 1.29 is 13.4 Å². The zero-order valence-corrected chi connectivity index (χ0v) is 8.80. The van der Waals surface area contributed by atoms with Gasteiger partial charge < -0.3 is 8.59 Å². The normalized spacial score (nSPS) is 10.5. The molecule has 2 aromatic rings. The quantitative estimate of drug-likeness (QED) is 0.732. The van der Waals surface area contributed by atoms with Crippen LogP contribution in [0, 0.1) is 0 Å². The van der Waals surface area contributed by atoms with E-state index < -0.39 is 11.6 Å². The Kier molecular flexibility index (Phi) is 2.55. The lowest BCUT2D eigenvalue weighted by atomic mass is 10.2. The molecule has 78 valence electrons. The molecule has 0 aliphatic rings. The summed E-state index contributed by atoms with van der Waals surface area (Å²) < 4.78 is 10.2. The van der Waals surface area contributed by atoms with Crippen LogP contribution in [-0.4, -0.2) is 12.6 Å². The largest absolute Gasteiger partial charge is 0.462 e. The van der Waals surface area contributed by atoms with Gasteiger partial charge in [0, 0.05) is 11.6 Å². The van der Waals surface area contributed by atoms with Crippen LogP contribution in [0.25, 0.3) is 10.1 Å². The standard InChI is InChI=1S/C10H8O4S/c1-2-13-9(11)6-4-3-5-7-8(6)15-14-10(7)12/h3-5H,2H2,1H3. The van der Waals surface area contributed by atoms with Crippen LogP contribution in [0.15, 0.2) is 26.8 Å². The Hall–Kier alpha value is -1.62. The van der Waals surface area contributed by atoms with Gasteiger partial charge in [-0.05, 0) is 19.1 Å². The molecule has 0 radical (unpaired) electrons. The molecule has 0 saturated heterocycles. The van der Waals surface area contributed by atoms with Crippen LogP contribution in [0.2, 0.25) is 0 Å². The summed E-state index contributed by atoms with van der Waals surface area (Å²) in [5.74, 6) is -0.430. The summed E-state index contributed by atoms with van der Waals surface area (Å²) in [5.41, 5.74) is -0.0358. The molecule has 0 aliphatic heterocycles. The Labute approximate surface area is 89.3 Å². The fourth-order valence-electron chi connectivity index (χ4n) is 1.28. The summed E-state index contributed by atoms with van der Waals surface area (Å²) in [5, 5.41) is 0.422. The van der Waals surface area contributed by atoms with Crippen molar-refractivity contribution in [1.82, 2.24) is 0 Å². The number of fused-ring (bicyclic) bond motifs is 1. The highest BCUT2D eigenvalue weighted by molar-refractivity contribution is 7.11. The highest BCUT2D eigenvalue weighted by Crippen LogP contribution is 2.21. The molecule has 0 unspecified atom stereocenters. The van der Waals surface area contributed by atoms with Gasteiger partial charge in [-0.25, -0.2) is 9.59 Å². The maximum Gasteiger partial charge on any atom is 0.356 e. The van der Waals surface area contributed by atoms with E-state index in [9.17, 15) is 9.59 Å². The van der Waals surface area contributed by atoms with E-state index in [1.54, 1.807) is 25.1 Å². The van der Waals surface area contributed by atoms with Gasteiger partial charge >= 0.3 is 11.6 Å². The third kappa shape index (κ3) is 1.66. The van der Waals surface area contributed by atoms with E-state index in [2.05, 4.69) is 0 Å². The van der Waals surface area contributed by atoms with Crippen molar-refractivity contribution in [3.8, 4) is 0 Å². The van der Waals surface area contributed by atoms with Crippen molar-refractivity contribution in [2.24, 2.45) is 0 Å². The molecule has 0 N–H and O–H groups in total. The van der Waals surface area contributed by atoms with Crippen molar-refractivity contribution in [3.05, 3.63) is 34.2 Å². The summed E-state index contributed by atoms with van der Waals surface area (Å²) in [4.78, 5) is 22.7. The minimum atomic E-state index is -0.430. The molecule has 0 amide bonds. The molecule has 0 fully saturated rings. The Morgan fingerprint density at radius 3 is 3.07 bits per heavy atom. The number of carbonyl (C=O) groups is 1. The summed E-state index contributed by atoms with van der Waals surface area (Å²) in [6.07, 6.45) is 0. The fraction of sp³-hybridized carbons (Fsp3) is 0.200. The van der Waals surface area contributed by atoms with E-state index in [0.29, 0.717) is 22.3 Å². The lowest BCUT2D eigenvalue weighted by Crippen LogP contribution is -2.05. The first kappa shape index (κ1) is 9.92. The predicted molar refractivity (Wildman–Crippen MR) is 56.3 cm³/mol. The van der Waals surface area contributed by atoms with Gasteiger partial charge in [-0.3, -0.25) is 0 Å². The second kappa shape index (κ2) is 3.86. The molecule has 0 spiro atoms. The smallest absolute Gasteiger partial charge is 0.356 e.